The summed E-state index contributed by atoms with van der Waals surface area (Å²) < 4.78 is 32.7. The molecule has 0 atom stereocenters. The van der Waals surface area contributed by atoms with E-state index in [1.165, 1.54) is 0 Å². The van der Waals surface area contributed by atoms with Crippen molar-refractivity contribution in [2.45, 2.75) is 0 Å². The Hall–Kier alpha value is -1.76. The van der Waals surface area contributed by atoms with Crippen molar-refractivity contribution in [3.63, 3.8) is 0 Å². The van der Waals surface area contributed by atoms with Crippen molar-refractivity contribution in [3.05, 3.63) is 64.0 Å². The molecule has 100 valence electrons. The van der Waals surface area contributed by atoms with Crippen LogP contribution >= 0.6 is 22.6 Å². The second-order valence-electron chi connectivity index (χ2n) is 4.21. The summed E-state index contributed by atoms with van der Waals surface area (Å²) >= 11 is 2.18. The van der Waals surface area contributed by atoms with Gasteiger partial charge in [-0.25, -0.2) is 8.78 Å². The average Bonchev–Trinajstić information content (AvgIpc) is 2.38. The van der Waals surface area contributed by atoms with Crippen LogP contribution < -0.4 is 4.74 Å². The quantitative estimate of drug-likeness (QED) is 0.587. The van der Waals surface area contributed by atoms with Crippen LogP contribution in [-0.4, -0.2) is 4.98 Å². The number of hydrogen-bond donors (Lipinski definition) is 0. The maximum Gasteiger partial charge on any atom is 0.133 e. The molecular formula is C15H8F2INO. The zero-order valence-corrected chi connectivity index (χ0v) is 12.3. The molecule has 5 heteroatoms. The van der Waals surface area contributed by atoms with Crippen LogP contribution in [0.3, 0.4) is 0 Å². The summed E-state index contributed by atoms with van der Waals surface area (Å²) in [6, 6.07) is 8.51. The minimum absolute atomic E-state index is 0.130. The third-order valence-corrected chi connectivity index (χ3v) is 3.61. The van der Waals surface area contributed by atoms with E-state index in [9.17, 15) is 8.78 Å². The van der Waals surface area contributed by atoms with Crippen molar-refractivity contribution in [2.24, 2.45) is 0 Å². The molecule has 0 aliphatic carbocycles. The highest BCUT2D eigenvalue weighted by molar-refractivity contribution is 14.1. The number of nitrogens with zero attached hydrogens (tertiary/aromatic N) is 1. The number of ether oxygens (including phenoxy) is 1. The molecule has 3 rings (SSSR count). The van der Waals surface area contributed by atoms with E-state index in [1.807, 2.05) is 12.1 Å². The number of aromatic nitrogens is 1. The summed E-state index contributed by atoms with van der Waals surface area (Å²) in [4.78, 5) is 4.10. The monoisotopic (exact) mass is 383 g/mol. The van der Waals surface area contributed by atoms with Crippen LogP contribution in [0.5, 0.6) is 11.5 Å². The summed E-state index contributed by atoms with van der Waals surface area (Å²) in [7, 11) is 0. The molecule has 20 heavy (non-hydrogen) atoms. The minimum Gasteiger partial charge on any atom is -0.457 e. The molecule has 2 nitrogen and oxygen atoms in total. The molecular weight excluding hydrogens is 375 g/mol. The molecule has 1 heterocycles. The highest BCUT2D eigenvalue weighted by Crippen LogP contribution is 2.28. The molecule has 0 fully saturated rings. The van der Waals surface area contributed by atoms with Gasteiger partial charge >= 0.3 is 0 Å². The third-order valence-electron chi connectivity index (χ3n) is 2.76. The fraction of sp³-hybridized carbons (Fsp3) is 0. The summed E-state index contributed by atoms with van der Waals surface area (Å²) in [5.74, 6) is -0.684. The number of fused-ring (bicyclic) bond motifs is 1. The molecule has 0 aliphatic heterocycles. The van der Waals surface area contributed by atoms with Crippen LogP contribution in [0.15, 0.2) is 48.8 Å². The summed E-state index contributed by atoms with van der Waals surface area (Å²) in [5.41, 5.74) is 0. The average molecular weight is 383 g/mol. The van der Waals surface area contributed by atoms with Crippen LogP contribution in [0, 0.1) is 15.2 Å². The number of hydrogen-bond acceptors (Lipinski definition) is 2. The van der Waals surface area contributed by atoms with Crippen LogP contribution in [0.4, 0.5) is 8.78 Å². The summed E-state index contributed by atoms with van der Waals surface area (Å²) in [6.45, 7) is 0. The van der Waals surface area contributed by atoms with Gasteiger partial charge in [0.25, 0.3) is 0 Å². The Morgan fingerprint density at radius 1 is 0.900 bits per heavy atom. The number of benzene rings is 2. The van der Waals surface area contributed by atoms with Gasteiger partial charge in [-0.05, 0) is 40.8 Å². The van der Waals surface area contributed by atoms with Gasteiger partial charge in [0.2, 0.25) is 0 Å². The lowest BCUT2D eigenvalue weighted by Gasteiger charge is -2.08. The largest absolute Gasteiger partial charge is 0.457 e. The second kappa shape index (κ2) is 5.32. The van der Waals surface area contributed by atoms with E-state index in [0.717, 1.165) is 32.5 Å². The zero-order valence-electron chi connectivity index (χ0n) is 10.1. The number of pyridine rings is 1. The van der Waals surface area contributed by atoms with E-state index >= 15 is 0 Å². The highest BCUT2D eigenvalue weighted by Gasteiger charge is 2.05. The Morgan fingerprint density at radius 2 is 1.65 bits per heavy atom. The Bertz CT molecular complexity index is 772. The van der Waals surface area contributed by atoms with Gasteiger partial charge < -0.3 is 4.74 Å². The number of rotatable bonds is 2. The Kier molecular flexibility index (Phi) is 3.52. The first-order chi connectivity index (χ1) is 9.61. The van der Waals surface area contributed by atoms with Crippen molar-refractivity contribution in [2.75, 3.05) is 0 Å². The number of halogens is 3. The maximum atomic E-state index is 13.1. The molecule has 1 aromatic heterocycles. The van der Waals surface area contributed by atoms with Crippen molar-refractivity contribution in [1.29, 1.82) is 0 Å². The van der Waals surface area contributed by atoms with Gasteiger partial charge in [-0.3, -0.25) is 4.98 Å². The normalized spacial score (nSPS) is 10.8. The Balaban J connectivity index is 2.00. The topological polar surface area (TPSA) is 22.1 Å². The molecule has 2 aromatic carbocycles. The molecule has 0 saturated carbocycles. The van der Waals surface area contributed by atoms with E-state index < -0.39 is 11.6 Å². The first kappa shape index (κ1) is 13.2. The molecule has 0 saturated heterocycles. The SMILES string of the molecule is Fc1cc(F)cc(Oc2ccc3cncc(I)c3c2)c1. The maximum absolute atomic E-state index is 13.1. The zero-order chi connectivity index (χ0) is 14.1. The fourth-order valence-electron chi connectivity index (χ4n) is 1.89. The predicted octanol–water partition coefficient (Wildman–Crippen LogP) is 4.91. The third kappa shape index (κ3) is 2.72. The van der Waals surface area contributed by atoms with E-state index in [2.05, 4.69) is 27.6 Å². The van der Waals surface area contributed by atoms with Gasteiger partial charge in [-0.15, -0.1) is 0 Å². The van der Waals surface area contributed by atoms with Crippen LogP contribution in [0.2, 0.25) is 0 Å². The van der Waals surface area contributed by atoms with Gasteiger partial charge in [0.05, 0.1) is 0 Å². The van der Waals surface area contributed by atoms with E-state index in [-0.39, 0.29) is 5.75 Å². The van der Waals surface area contributed by atoms with Crippen LogP contribution in [0.25, 0.3) is 10.8 Å². The lowest BCUT2D eigenvalue weighted by atomic mass is 10.2. The summed E-state index contributed by atoms with van der Waals surface area (Å²) in [6.07, 6.45) is 3.50. The first-order valence-corrected chi connectivity index (χ1v) is 6.87. The van der Waals surface area contributed by atoms with Crippen molar-refractivity contribution in [1.82, 2.24) is 4.98 Å². The van der Waals surface area contributed by atoms with Gasteiger partial charge in [-0.1, -0.05) is 0 Å². The van der Waals surface area contributed by atoms with Crippen molar-refractivity contribution < 1.29 is 13.5 Å². The fourth-order valence-corrected chi connectivity index (χ4v) is 2.52. The van der Waals surface area contributed by atoms with E-state index in [0.29, 0.717) is 5.75 Å². The molecule has 0 unspecified atom stereocenters. The highest BCUT2D eigenvalue weighted by atomic mass is 127. The van der Waals surface area contributed by atoms with Gasteiger partial charge in [0, 0.05) is 44.9 Å². The smallest absolute Gasteiger partial charge is 0.133 e. The molecule has 0 spiro atoms. The molecule has 0 aliphatic rings. The predicted molar refractivity (Wildman–Crippen MR) is 80.9 cm³/mol. The van der Waals surface area contributed by atoms with E-state index in [1.54, 1.807) is 18.5 Å². The molecule has 0 amide bonds. The van der Waals surface area contributed by atoms with Crippen molar-refractivity contribution in [3.8, 4) is 11.5 Å². The van der Waals surface area contributed by atoms with Crippen LogP contribution in [-0.2, 0) is 0 Å². The van der Waals surface area contributed by atoms with E-state index in [4.69, 9.17) is 4.74 Å². The van der Waals surface area contributed by atoms with Crippen molar-refractivity contribution >= 4 is 33.4 Å². The van der Waals surface area contributed by atoms with Gasteiger partial charge in [-0.2, -0.15) is 0 Å². The molecule has 0 radical (unpaired) electrons. The lowest BCUT2D eigenvalue weighted by molar-refractivity contribution is 0.469. The Labute approximate surface area is 127 Å². The Morgan fingerprint density at radius 3 is 2.40 bits per heavy atom. The van der Waals surface area contributed by atoms with Gasteiger partial charge in [0.15, 0.2) is 0 Å². The minimum atomic E-state index is -0.667. The summed E-state index contributed by atoms with van der Waals surface area (Å²) in [5, 5.41) is 1.96. The first-order valence-electron chi connectivity index (χ1n) is 5.79. The molecule has 3 aromatic rings. The van der Waals surface area contributed by atoms with Crippen LogP contribution in [0.1, 0.15) is 0 Å². The standard InChI is InChI=1S/C15H8F2INO/c16-10-3-11(17)5-13(4-10)20-12-2-1-9-7-19-8-15(18)14(9)6-12/h1-8H. The molecule has 0 N–H and O–H groups in total. The lowest BCUT2D eigenvalue weighted by Crippen LogP contribution is -1.88. The molecule has 0 bridgehead atoms. The second-order valence-corrected chi connectivity index (χ2v) is 5.37. The van der Waals surface area contributed by atoms with Gasteiger partial charge in [0.1, 0.15) is 23.1 Å².